The Morgan fingerprint density at radius 3 is 2.18 bits per heavy atom. The minimum Gasteiger partial charge on any atom is -0.369 e. The van der Waals surface area contributed by atoms with Crippen molar-refractivity contribution < 1.29 is 8.42 Å². The van der Waals surface area contributed by atoms with E-state index in [2.05, 4.69) is 26.7 Å². The molecule has 0 aliphatic heterocycles. The minimum absolute atomic E-state index is 0.302. The van der Waals surface area contributed by atoms with E-state index in [0.717, 1.165) is 28.9 Å². The van der Waals surface area contributed by atoms with Crippen LogP contribution in [0.15, 0.2) is 65.7 Å². The second-order valence-corrected chi connectivity index (χ2v) is 8.70. The maximum atomic E-state index is 12.9. The molecule has 0 aliphatic rings. The molecule has 0 aliphatic carbocycles. The zero-order valence-electron chi connectivity index (χ0n) is 16.6. The number of hydrogen-bond acceptors (Lipinski definition) is 4. The predicted molar refractivity (Wildman–Crippen MR) is 114 cm³/mol. The van der Waals surface area contributed by atoms with Crippen molar-refractivity contribution in [2.75, 3.05) is 16.7 Å². The van der Waals surface area contributed by atoms with Gasteiger partial charge in [-0.25, -0.2) is 13.4 Å². The summed E-state index contributed by atoms with van der Waals surface area (Å²) >= 11 is 0. The van der Waals surface area contributed by atoms with E-state index in [1.165, 1.54) is 5.56 Å². The molecule has 28 heavy (non-hydrogen) atoms. The van der Waals surface area contributed by atoms with Gasteiger partial charge in [0.2, 0.25) is 0 Å². The van der Waals surface area contributed by atoms with Crippen molar-refractivity contribution in [2.24, 2.45) is 0 Å². The molecule has 0 radical (unpaired) electrons. The first kappa shape index (κ1) is 19.9. The van der Waals surface area contributed by atoms with Gasteiger partial charge in [0.1, 0.15) is 5.82 Å². The molecule has 0 amide bonds. The molecule has 6 heteroatoms. The number of nitrogens with zero attached hydrogens (tertiary/aromatic N) is 2. The fraction of sp³-hybridized carbons (Fsp3) is 0.227. The summed E-state index contributed by atoms with van der Waals surface area (Å²) in [5.41, 5.74) is 4.60. The smallest absolute Gasteiger partial charge is 0.263 e. The van der Waals surface area contributed by atoms with Crippen LogP contribution in [0.3, 0.4) is 0 Å². The lowest BCUT2D eigenvalue weighted by molar-refractivity contribution is 0.600. The number of sulfonamides is 1. The van der Waals surface area contributed by atoms with Crippen LogP contribution in [-0.4, -0.2) is 20.4 Å². The third kappa shape index (κ3) is 4.51. The van der Waals surface area contributed by atoms with E-state index in [4.69, 9.17) is 0 Å². The average Bonchev–Trinajstić information content (AvgIpc) is 2.61. The van der Waals surface area contributed by atoms with Crippen molar-refractivity contribution in [1.82, 2.24) is 4.98 Å². The van der Waals surface area contributed by atoms with E-state index in [-0.39, 0.29) is 0 Å². The molecule has 0 spiro atoms. The van der Waals surface area contributed by atoms with Crippen LogP contribution in [-0.2, 0) is 16.6 Å². The summed E-state index contributed by atoms with van der Waals surface area (Å²) in [6.07, 6.45) is 1.68. The van der Waals surface area contributed by atoms with Gasteiger partial charge in [-0.2, -0.15) is 0 Å². The number of rotatable bonds is 6. The Hall–Kier alpha value is -2.86. The molecule has 146 valence electrons. The first-order valence-corrected chi connectivity index (χ1v) is 10.6. The van der Waals surface area contributed by atoms with Gasteiger partial charge in [0.05, 0.1) is 16.8 Å². The first-order valence-electron chi connectivity index (χ1n) is 9.08. The zero-order chi connectivity index (χ0) is 20.3. The highest BCUT2D eigenvalue weighted by atomic mass is 32.2. The average molecular weight is 396 g/mol. The number of hydrogen-bond donors (Lipinski definition) is 1. The highest BCUT2D eigenvalue weighted by Gasteiger charge is 2.20. The predicted octanol–water partition coefficient (Wildman–Crippen LogP) is 4.44. The van der Waals surface area contributed by atoms with Crippen LogP contribution in [0.2, 0.25) is 0 Å². The lowest BCUT2D eigenvalue weighted by atomic mass is 10.1. The molecule has 1 N–H and O–H groups in total. The molecule has 1 aromatic heterocycles. The van der Waals surface area contributed by atoms with E-state index in [1.807, 2.05) is 64.2 Å². The Labute approximate surface area is 167 Å². The molecule has 5 nitrogen and oxygen atoms in total. The Kier molecular flexibility index (Phi) is 5.70. The zero-order valence-corrected chi connectivity index (χ0v) is 17.4. The van der Waals surface area contributed by atoms with Gasteiger partial charge >= 0.3 is 0 Å². The van der Waals surface area contributed by atoms with Crippen LogP contribution >= 0.6 is 0 Å². The van der Waals surface area contributed by atoms with Crippen LogP contribution < -0.4 is 9.62 Å². The Balaban J connectivity index is 1.77. The summed E-state index contributed by atoms with van der Waals surface area (Å²) in [5, 5.41) is 0. The Bertz CT molecular complexity index is 1040. The van der Waals surface area contributed by atoms with Gasteiger partial charge in [-0.1, -0.05) is 48.0 Å². The fourth-order valence-electron chi connectivity index (χ4n) is 3.40. The normalized spacial score (nSPS) is 11.3. The van der Waals surface area contributed by atoms with Crippen LogP contribution in [0.1, 0.15) is 22.3 Å². The van der Waals surface area contributed by atoms with E-state index < -0.39 is 10.0 Å². The quantitative estimate of drug-likeness (QED) is 0.670. The van der Waals surface area contributed by atoms with Gasteiger partial charge in [0, 0.05) is 13.6 Å². The standard InChI is InChI=1S/C22H25N3O2S/c1-16-12-17(2)22(18(3)13-16)28(26,27)24-21-11-10-20(14-23-21)25(4)15-19-8-6-5-7-9-19/h5-14H,15H2,1-4H3,(H,23,24). The van der Waals surface area contributed by atoms with Gasteiger partial charge in [-0.3, -0.25) is 4.72 Å². The van der Waals surface area contributed by atoms with Crippen LogP contribution in [0.4, 0.5) is 11.5 Å². The molecule has 3 aromatic rings. The highest BCUT2D eigenvalue weighted by Crippen LogP contribution is 2.24. The maximum Gasteiger partial charge on any atom is 0.263 e. The minimum atomic E-state index is -3.70. The molecule has 0 unspecified atom stereocenters. The number of benzene rings is 2. The second-order valence-electron chi connectivity index (χ2n) is 7.08. The number of nitrogens with one attached hydrogen (secondary N) is 1. The highest BCUT2D eigenvalue weighted by molar-refractivity contribution is 7.92. The number of anilines is 2. The number of pyridine rings is 1. The van der Waals surface area contributed by atoms with Crippen LogP contribution in [0, 0.1) is 20.8 Å². The summed E-state index contributed by atoms with van der Waals surface area (Å²) in [5.74, 6) is 0.302. The topological polar surface area (TPSA) is 62.3 Å². The van der Waals surface area contributed by atoms with E-state index in [9.17, 15) is 8.42 Å². The van der Waals surface area contributed by atoms with Gasteiger partial charge in [-0.15, -0.1) is 0 Å². The molecule has 0 saturated heterocycles. The molecular weight excluding hydrogens is 370 g/mol. The third-order valence-corrected chi connectivity index (χ3v) is 6.22. The summed E-state index contributed by atoms with van der Waals surface area (Å²) < 4.78 is 28.3. The van der Waals surface area contributed by atoms with E-state index in [0.29, 0.717) is 10.7 Å². The molecule has 2 aromatic carbocycles. The molecular formula is C22H25N3O2S. The van der Waals surface area contributed by atoms with Crippen molar-refractivity contribution in [1.29, 1.82) is 0 Å². The van der Waals surface area contributed by atoms with Crippen molar-refractivity contribution >= 4 is 21.5 Å². The van der Waals surface area contributed by atoms with Crippen LogP contribution in [0.25, 0.3) is 0 Å². The van der Waals surface area contributed by atoms with E-state index >= 15 is 0 Å². The van der Waals surface area contributed by atoms with Gasteiger partial charge in [0.25, 0.3) is 10.0 Å². The third-order valence-electron chi connectivity index (χ3n) is 4.56. The number of aromatic nitrogens is 1. The molecule has 0 atom stereocenters. The van der Waals surface area contributed by atoms with Crippen molar-refractivity contribution in [2.45, 2.75) is 32.2 Å². The van der Waals surface area contributed by atoms with Crippen molar-refractivity contribution in [3.8, 4) is 0 Å². The summed E-state index contributed by atoms with van der Waals surface area (Å²) in [6, 6.07) is 17.4. The second kappa shape index (κ2) is 8.02. The number of aryl methyl sites for hydroxylation is 3. The summed E-state index contributed by atoms with van der Waals surface area (Å²) in [6.45, 7) is 6.32. The molecule has 3 rings (SSSR count). The lowest BCUT2D eigenvalue weighted by Crippen LogP contribution is -2.18. The molecule has 0 fully saturated rings. The maximum absolute atomic E-state index is 12.9. The molecule has 0 bridgehead atoms. The lowest BCUT2D eigenvalue weighted by Gasteiger charge is -2.19. The van der Waals surface area contributed by atoms with Gasteiger partial charge in [0.15, 0.2) is 0 Å². The van der Waals surface area contributed by atoms with E-state index in [1.54, 1.807) is 12.3 Å². The summed E-state index contributed by atoms with van der Waals surface area (Å²) in [7, 11) is -1.72. The van der Waals surface area contributed by atoms with Crippen molar-refractivity contribution in [3.05, 3.63) is 83.0 Å². The first-order chi connectivity index (χ1) is 13.3. The molecule has 0 saturated carbocycles. The van der Waals surface area contributed by atoms with Gasteiger partial charge < -0.3 is 4.90 Å². The Morgan fingerprint density at radius 1 is 0.964 bits per heavy atom. The largest absolute Gasteiger partial charge is 0.369 e. The van der Waals surface area contributed by atoms with Crippen molar-refractivity contribution in [3.63, 3.8) is 0 Å². The molecule has 1 heterocycles. The van der Waals surface area contributed by atoms with Crippen LogP contribution in [0.5, 0.6) is 0 Å². The van der Waals surface area contributed by atoms with Gasteiger partial charge in [-0.05, 0) is 49.6 Å². The summed E-state index contributed by atoms with van der Waals surface area (Å²) in [4.78, 5) is 6.67. The Morgan fingerprint density at radius 2 is 1.61 bits per heavy atom. The SMILES string of the molecule is Cc1cc(C)c(S(=O)(=O)Nc2ccc(N(C)Cc3ccccc3)cn2)c(C)c1. The monoisotopic (exact) mass is 395 g/mol. The fourth-order valence-corrected chi connectivity index (χ4v) is 4.86.